The number of hydrogen-bond donors (Lipinski definition) is 1. The van der Waals surface area contributed by atoms with Crippen molar-refractivity contribution in [3.05, 3.63) is 12.4 Å². The quantitative estimate of drug-likeness (QED) is 0.439. The minimum absolute atomic E-state index is 0.0272. The van der Waals surface area contributed by atoms with Gasteiger partial charge in [-0.15, -0.1) is 5.10 Å². The minimum atomic E-state index is -0.604. The first-order chi connectivity index (χ1) is 5.33. The van der Waals surface area contributed by atoms with Gasteiger partial charge in [0.1, 0.15) is 6.54 Å². The van der Waals surface area contributed by atoms with Gasteiger partial charge in [0.25, 0.3) is 0 Å². The maximum Gasteiger partial charge on any atom is 0.329 e. The van der Waals surface area contributed by atoms with Crippen LogP contribution in [0.25, 0.3) is 0 Å². The number of ether oxygens (including phenoxy) is 1. The highest BCUT2D eigenvalue weighted by molar-refractivity contribution is 5.68. The molecule has 0 saturated heterocycles. The molecule has 1 rings (SSSR count). The van der Waals surface area contributed by atoms with Gasteiger partial charge in [0.2, 0.25) is 0 Å². The summed E-state index contributed by atoms with van der Waals surface area (Å²) in [5, 5.41) is 15.2. The van der Waals surface area contributed by atoms with E-state index in [0.717, 1.165) is 0 Å². The van der Waals surface area contributed by atoms with E-state index in [2.05, 4.69) is 15.0 Å². The van der Waals surface area contributed by atoms with Gasteiger partial charge in [0, 0.05) is 6.20 Å². The van der Waals surface area contributed by atoms with Crippen molar-refractivity contribution in [2.75, 3.05) is 6.79 Å². The number of aliphatic hydroxyl groups excluding tert-OH is 1. The largest absolute Gasteiger partial charge is 0.437 e. The molecule has 1 N–H and O–H groups in total. The first-order valence-corrected chi connectivity index (χ1v) is 2.93. The van der Waals surface area contributed by atoms with E-state index >= 15 is 0 Å². The second-order valence-electron chi connectivity index (χ2n) is 1.75. The molecule has 0 aliphatic rings. The summed E-state index contributed by atoms with van der Waals surface area (Å²) in [7, 11) is 0. The van der Waals surface area contributed by atoms with Crippen LogP contribution in [-0.4, -0.2) is 32.9 Å². The summed E-state index contributed by atoms with van der Waals surface area (Å²) >= 11 is 0. The maximum atomic E-state index is 10.6. The Bertz CT molecular complexity index is 221. The van der Waals surface area contributed by atoms with Gasteiger partial charge in [-0.3, -0.25) is 0 Å². The van der Waals surface area contributed by atoms with Crippen molar-refractivity contribution in [1.29, 1.82) is 0 Å². The van der Waals surface area contributed by atoms with Gasteiger partial charge in [-0.2, -0.15) is 0 Å². The van der Waals surface area contributed by atoms with E-state index in [1.165, 1.54) is 17.1 Å². The van der Waals surface area contributed by atoms with E-state index in [0.29, 0.717) is 0 Å². The number of esters is 1. The Kier molecular flexibility index (Phi) is 2.56. The van der Waals surface area contributed by atoms with Gasteiger partial charge >= 0.3 is 5.97 Å². The lowest BCUT2D eigenvalue weighted by Gasteiger charge is -1.98. The number of nitrogens with zero attached hydrogens (tertiary/aromatic N) is 3. The van der Waals surface area contributed by atoms with E-state index in [1.807, 2.05) is 0 Å². The first-order valence-electron chi connectivity index (χ1n) is 2.93. The zero-order chi connectivity index (χ0) is 8.10. The van der Waals surface area contributed by atoms with Crippen molar-refractivity contribution in [2.45, 2.75) is 6.54 Å². The van der Waals surface area contributed by atoms with Gasteiger partial charge in [-0.05, 0) is 0 Å². The summed E-state index contributed by atoms with van der Waals surface area (Å²) in [6.07, 6.45) is 2.98. The van der Waals surface area contributed by atoms with Crippen molar-refractivity contribution in [2.24, 2.45) is 0 Å². The van der Waals surface area contributed by atoms with Gasteiger partial charge < -0.3 is 9.84 Å². The van der Waals surface area contributed by atoms with E-state index in [4.69, 9.17) is 5.11 Å². The zero-order valence-corrected chi connectivity index (χ0v) is 5.67. The Morgan fingerprint density at radius 3 is 3.09 bits per heavy atom. The zero-order valence-electron chi connectivity index (χ0n) is 5.67. The van der Waals surface area contributed by atoms with Crippen LogP contribution in [0.5, 0.6) is 0 Å². The Morgan fingerprint density at radius 2 is 2.55 bits per heavy atom. The van der Waals surface area contributed by atoms with Crippen LogP contribution in [0.3, 0.4) is 0 Å². The molecule has 0 bridgehead atoms. The van der Waals surface area contributed by atoms with Crippen LogP contribution in [0.1, 0.15) is 0 Å². The van der Waals surface area contributed by atoms with E-state index in [9.17, 15) is 4.79 Å². The molecule has 0 fully saturated rings. The molecule has 6 nitrogen and oxygen atoms in total. The topological polar surface area (TPSA) is 77.2 Å². The molecule has 0 unspecified atom stereocenters. The molecule has 0 radical (unpaired) electrons. The number of carbonyl (C=O) groups is 1. The molecular formula is C5H7N3O3. The highest BCUT2D eigenvalue weighted by Gasteiger charge is 2.02. The van der Waals surface area contributed by atoms with Crippen LogP contribution in [0.4, 0.5) is 0 Å². The lowest BCUT2D eigenvalue weighted by atomic mass is 10.6. The van der Waals surface area contributed by atoms with Crippen molar-refractivity contribution in [3.8, 4) is 0 Å². The molecule has 1 aromatic heterocycles. The number of aliphatic hydroxyl groups is 1. The SMILES string of the molecule is O=C(Cn1ccnn1)OCO. The van der Waals surface area contributed by atoms with Crippen LogP contribution < -0.4 is 0 Å². The maximum absolute atomic E-state index is 10.6. The van der Waals surface area contributed by atoms with Crippen molar-refractivity contribution >= 4 is 5.97 Å². The summed E-state index contributed by atoms with van der Waals surface area (Å²) in [5.41, 5.74) is 0. The van der Waals surface area contributed by atoms with Crippen LogP contribution in [0.2, 0.25) is 0 Å². The highest BCUT2D eigenvalue weighted by Crippen LogP contribution is 1.83. The summed E-state index contributed by atoms with van der Waals surface area (Å²) < 4.78 is 5.55. The number of carbonyl (C=O) groups excluding carboxylic acids is 1. The average Bonchev–Trinajstić information content (AvgIpc) is 2.40. The Hall–Kier alpha value is -1.43. The van der Waals surface area contributed by atoms with Crippen LogP contribution >= 0.6 is 0 Å². The van der Waals surface area contributed by atoms with Gasteiger partial charge in [-0.25, -0.2) is 9.48 Å². The Labute approximate surface area is 62.4 Å². The molecule has 1 aromatic rings. The third-order valence-corrected chi connectivity index (χ3v) is 0.989. The smallest absolute Gasteiger partial charge is 0.329 e. The second kappa shape index (κ2) is 3.67. The minimum Gasteiger partial charge on any atom is -0.437 e. The van der Waals surface area contributed by atoms with Gasteiger partial charge in [0.05, 0.1) is 6.20 Å². The summed E-state index contributed by atoms with van der Waals surface area (Å²) in [6.45, 7) is -0.631. The van der Waals surface area contributed by atoms with E-state index in [1.54, 1.807) is 0 Å². The van der Waals surface area contributed by atoms with Crippen molar-refractivity contribution in [3.63, 3.8) is 0 Å². The molecule has 60 valence electrons. The monoisotopic (exact) mass is 157 g/mol. The lowest BCUT2D eigenvalue weighted by molar-refractivity contribution is -0.152. The average molecular weight is 157 g/mol. The third kappa shape index (κ3) is 2.34. The molecule has 0 atom stereocenters. The summed E-state index contributed by atoms with van der Waals surface area (Å²) in [6, 6.07) is 0. The molecule has 11 heavy (non-hydrogen) atoms. The second-order valence-corrected chi connectivity index (χ2v) is 1.75. The molecule has 0 saturated carbocycles. The fourth-order valence-corrected chi connectivity index (χ4v) is 0.567. The third-order valence-electron chi connectivity index (χ3n) is 0.989. The molecule has 0 aliphatic heterocycles. The number of aromatic nitrogens is 3. The van der Waals surface area contributed by atoms with E-state index in [-0.39, 0.29) is 6.54 Å². The van der Waals surface area contributed by atoms with Gasteiger partial charge in [0.15, 0.2) is 6.79 Å². The fourth-order valence-electron chi connectivity index (χ4n) is 0.567. The van der Waals surface area contributed by atoms with Crippen LogP contribution in [0, 0.1) is 0 Å². The normalized spacial score (nSPS) is 9.55. The lowest BCUT2D eigenvalue weighted by Crippen LogP contribution is -2.14. The van der Waals surface area contributed by atoms with Crippen molar-refractivity contribution in [1.82, 2.24) is 15.0 Å². The summed E-state index contributed by atoms with van der Waals surface area (Å²) in [5.74, 6) is -0.544. The van der Waals surface area contributed by atoms with Gasteiger partial charge in [-0.1, -0.05) is 5.21 Å². The number of hydrogen-bond acceptors (Lipinski definition) is 5. The summed E-state index contributed by atoms with van der Waals surface area (Å²) in [4.78, 5) is 10.6. The fraction of sp³-hybridized carbons (Fsp3) is 0.400. The van der Waals surface area contributed by atoms with Crippen LogP contribution in [0.15, 0.2) is 12.4 Å². The molecule has 0 aliphatic carbocycles. The number of rotatable bonds is 3. The Morgan fingerprint density at radius 1 is 1.73 bits per heavy atom. The standard InChI is InChI=1S/C5H7N3O3/c9-4-11-5(10)3-8-2-1-6-7-8/h1-2,9H,3-4H2. The van der Waals surface area contributed by atoms with E-state index < -0.39 is 12.8 Å². The molecule has 6 heteroatoms. The van der Waals surface area contributed by atoms with Crippen molar-refractivity contribution < 1.29 is 14.6 Å². The first kappa shape index (κ1) is 7.67. The predicted octanol–water partition coefficient (Wildman–Crippen LogP) is -1.23. The molecular weight excluding hydrogens is 150 g/mol. The predicted molar refractivity (Wildman–Crippen MR) is 33.2 cm³/mol. The highest BCUT2D eigenvalue weighted by atomic mass is 16.6. The molecule has 0 amide bonds. The molecule has 0 spiro atoms. The molecule has 0 aromatic carbocycles. The molecule has 1 heterocycles. The van der Waals surface area contributed by atoms with Crippen LogP contribution in [-0.2, 0) is 16.1 Å². The Balaban J connectivity index is 2.37.